The highest BCUT2D eigenvalue weighted by Gasteiger charge is 1.96. The van der Waals surface area contributed by atoms with E-state index in [1.54, 1.807) is 24.4 Å². The Labute approximate surface area is 77.0 Å². The second kappa shape index (κ2) is 4.37. The zero-order valence-electron chi connectivity index (χ0n) is 7.22. The van der Waals surface area contributed by atoms with Gasteiger partial charge < -0.3 is 15.8 Å². The van der Waals surface area contributed by atoms with Crippen molar-refractivity contribution in [1.82, 2.24) is 5.01 Å². The number of nitrogens with two attached hydrogens (primary N) is 2. The highest BCUT2D eigenvalue weighted by atomic mass is 16.3. The van der Waals surface area contributed by atoms with Crippen LogP contribution in [0.4, 0.5) is 0 Å². The summed E-state index contributed by atoms with van der Waals surface area (Å²) in [5, 5.41) is 10.6. The molecule has 0 fully saturated rings. The average Bonchev–Trinajstić information content (AvgIpc) is 2.04. The molecule has 0 aliphatic carbocycles. The van der Waals surface area contributed by atoms with Gasteiger partial charge in [-0.3, -0.25) is 0 Å². The molecule has 0 saturated carbocycles. The third-order valence-corrected chi connectivity index (χ3v) is 1.55. The van der Waals surface area contributed by atoms with Crippen molar-refractivity contribution >= 4 is 0 Å². The van der Waals surface area contributed by atoms with Gasteiger partial charge in [-0.25, -0.2) is 5.84 Å². The summed E-state index contributed by atoms with van der Waals surface area (Å²) in [4.78, 5) is 0. The van der Waals surface area contributed by atoms with Crippen molar-refractivity contribution in [1.29, 1.82) is 0 Å². The lowest BCUT2D eigenvalue weighted by Crippen LogP contribution is -2.24. The van der Waals surface area contributed by atoms with Gasteiger partial charge in [0.15, 0.2) is 0 Å². The number of benzene rings is 1. The van der Waals surface area contributed by atoms with E-state index in [4.69, 9.17) is 16.7 Å². The van der Waals surface area contributed by atoms with Crippen LogP contribution in [-0.4, -0.2) is 10.1 Å². The van der Waals surface area contributed by atoms with Crippen molar-refractivity contribution in [3.8, 4) is 5.75 Å². The summed E-state index contributed by atoms with van der Waals surface area (Å²) in [7, 11) is 0. The normalized spacial score (nSPS) is 10.5. The summed E-state index contributed by atoms with van der Waals surface area (Å²) < 4.78 is 0. The Balaban J connectivity index is 2.63. The highest BCUT2D eigenvalue weighted by molar-refractivity contribution is 5.27. The maximum absolute atomic E-state index is 9.15. The van der Waals surface area contributed by atoms with Crippen molar-refractivity contribution in [3.63, 3.8) is 0 Å². The SMILES string of the molecule is N/C=C\N(N)Cc1cccc(O)c1. The minimum Gasteiger partial charge on any atom is -0.508 e. The first-order valence-electron chi connectivity index (χ1n) is 3.90. The monoisotopic (exact) mass is 179 g/mol. The van der Waals surface area contributed by atoms with Crippen molar-refractivity contribution in [3.05, 3.63) is 42.2 Å². The van der Waals surface area contributed by atoms with E-state index in [9.17, 15) is 0 Å². The number of phenolic OH excluding ortho intramolecular Hbond substituents is 1. The number of aromatic hydroxyl groups is 1. The molecule has 1 rings (SSSR count). The van der Waals surface area contributed by atoms with Crippen molar-refractivity contribution in [2.24, 2.45) is 11.6 Å². The second-order valence-electron chi connectivity index (χ2n) is 2.68. The standard InChI is InChI=1S/C9H13N3O/c10-4-5-12(11)7-8-2-1-3-9(13)6-8/h1-6,13H,7,10-11H2/b5-4-. The fourth-order valence-corrected chi connectivity index (χ4v) is 1.03. The van der Waals surface area contributed by atoms with E-state index in [0.29, 0.717) is 6.54 Å². The number of hydrogen-bond donors (Lipinski definition) is 3. The molecule has 0 bridgehead atoms. The molecule has 0 heterocycles. The van der Waals surface area contributed by atoms with Gasteiger partial charge in [-0.05, 0) is 17.7 Å². The maximum atomic E-state index is 9.15. The molecule has 0 radical (unpaired) electrons. The van der Waals surface area contributed by atoms with Crippen LogP contribution in [0.2, 0.25) is 0 Å². The van der Waals surface area contributed by atoms with Gasteiger partial charge in [-0.15, -0.1) is 0 Å². The van der Waals surface area contributed by atoms with E-state index in [-0.39, 0.29) is 5.75 Å². The highest BCUT2D eigenvalue weighted by Crippen LogP contribution is 2.11. The molecule has 0 spiro atoms. The summed E-state index contributed by atoms with van der Waals surface area (Å²) in [6, 6.07) is 6.92. The van der Waals surface area contributed by atoms with Gasteiger partial charge >= 0.3 is 0 Å². The minimum atomic E-state index is 0.239. The summed E-state index contributed by atoms with van der Waals surface area (Å²) in [6.07, 6.45) is 2.92. The molecule has 0 atom stereocenters. The summed E-state index contributed by atoms with van der Waals surface area (Å²) in [6.45, 7) is 0.516. The summed E-state index contributed by atoms with van der Waals surface area (Å²) >= 11 is 0. The van der Waals surface area contributed by atoms with E-state index >= 15 is 0 Å². The molecular weight excluding hydrogens is 166 g/mol. The molecule has 0 aliphatic heterocycles. The summed E-state index contributed by atoms with van der Waals surface area (Å²) in [5.41, 5.74) is 6.09. The Morgan fingerprint density at radius 2 is 2.23 bits per heavy atom. The molecule has 70 valence electrons. The molecule has 1 aromatic rings. The first-order chi connectivity index (χ1) is 6.22. The number of rotatable bonds is 3. The van der Waals surface area contributed by atoms with Crippen LogP contribution in [0, 0.1) is 0 Å². The van der Waals surface area contributed by atoms with E-state index in [2.05, 4.69) is 0 Å². The predicted octanol–water partition coefficient (Wildman–Crippen LogP) is 0.498. The largest absolute Gasteiger partial charge is 0.508 e. The number of hydrazine groups is 1. The summed E-state index contributed by atoms with van der Waals surface area (Å²) in [5.74, 6) is 5.79. The van der Waals surface area contributed by atoms with Gasteiger partial charge in [0.1, 0.15) is 5.75 Å². The van der Waals surface area contributed by atoms with E-state index in [1.807, 2.05) is 6.07 Å². The van der Waals surface area contributed by atoms with Crippen LogP contribution in [0.5, 0.6) is 5.75 Å². The number of phenols is 1. The molecule has 4 heteroatoms. The van der Waals surface area contributed by atoms with Crippen LogP contribution in [0.1, 0.15) is 5.56 Å². The van der Waals surface area contributed by atoms with Gasteiger partial charge in [0, 0.05) is 12.4 Å². The lowest BCUT2D eigenvalue weighted by Gasteiger charge is -2.12. The fourth-order valence-electron chi connectivity index (χ4n) is 1.03. The topological polar surface area (TPSA) is 75.5 Å². The zero-order valence-corrected chi connectivity index (χ0v) is 7.22. The van der Waals surface area contributed by atoms with Crippen LogP contribution < -0.4 is 11.6 Å². The second-order valence-corrected chi connectivity index (χ2v) is 2.68. The molecule has 0 saturated heterocycles. The van der Waals surface area contributed by atoms with E-state index < -0.39 is 0 Å². The molecule has 13 heavy (non-hydrogen) atoms. The molecule has 0 amide bonds. The molecule has 0 aliphatic rings. The smallest absolute Gasteiger partial charge is 0.115 e. The Hall–Kier alpha value is -1.68. The zero-order chi connectivity index (χ0) is 9.68. The van der Waals surface area contributed by atoms with Gasteiger partial charge in [0.25, 0.3) is 0 Å². The van der Waals surface area contributed by atoms with Gasteiger partial charge in [0.05, 0.1) is 6.54 Å². The van der Waals surface area contributed by atoms with Crippen LogP contribution in [-0.2, 0) is 6.54 Å². The fraction of sp³-hybridized carbons (Fsp3) is 0.111. The van der Waals surface area contributed by atoms with Crippen molar-refractivity contribution in [2.45, 2.75) is 6.54 Å². The molecule has 1 aromatic carbocycles. The van der Waals surface area contributed by atoms with E-state index in [1.165, 1.54) is 11.2 Å². The first kappa shape index (κ1) is 9.41. The molecular formula is C9H13N3O. The Kier molecular flexibility index (Phi) is 3.16. The molecule has 0 aromatic heterocycles. The lowest BCUT2D eigenvalue weighted by molar-refractivity contribution is 0.384. The first-order valence-corrected chi connectivity index (χ1v) is 3.90. The maximum Gasteiger partial charge on any atom is 0.115 e. The van der Waals surface area contributed by atoms with Gasteiger partial charge in [-0.2, -0.15) is 0 Å². The van der Waals surface area contributed by atoms with Crippen LogP contribution >= 0.6 is 0 Å². The Morgan fingerprint density at radius 1 is 1.46 bits per heavy atom. The predicted molar refractivity (Wildman–Crippen MR) is 51.2 cm³/mol. The molecule has 4 nitrogen and oxygen atoms in total. The average molecular weight is 179 g/mol. The number of nitrogens with zero attached hydrogens (tertiary/aromatic N) is 1. The van der Waals surface area contributed by atoms with Crippen molar-refractivity contribution < 1.29 is 5.11 Å². The van der Waals surface area contributed by atoms with Gasteiger partial charge in [-0.1, -0.05) is 12.1 Å². The van der Waals surface area contributed by atoms with Crippen molar-refractivity contribution in [2.75, 3.05) is 0 Å². The number of hydrogen-bond acceptors (Lipinski definition) is 4. The van der Waals surface area contributed by atoms with E-state index in [0.717, 1.165) is 5.56 Å². The molecule has 0 unspecified atom stereocenters. The molecule has 5 N–H and O–H groups in total. The van der Waals surface area contributed by atoms with Crippen LogP contribution in [0.3, 0.4) is 0 Å². The minimum absolute atomic E-state index is 0.239. The quantitative estimate of drug-likeness (QED) is 0.466. The third kappa shape index (κ3) is 3.04. The van der Waals surface area contributed by atoms with Crippen LogP contribution in [0.25, 0.3) is 0 Å². The van der Waals surface area contributed by atoms with Crippen LogP contribution in [0.15, 0.2) is 36.7 Å². The lowest BCUT2D eigenvalue weighted by atomic mass is 10.2. The third-order valence-electron chi connectivity index (χ3n) is 1.55. The Morgan fingerprint density at radius 3 is 2.85 bits per heavy atom. The van der Waals surface area contributed by atoms with Gasteiger partial charge in [0.2, 0.25) is 0 Å². The Bertz CT molecular complexity index is 299.